The number of aromatic nitrogens is 4. The summed E-state index contributed by atoms with van der Waals surface area (Å²) >= 11 is 1.72. The lowest BCUT2D eigenvalue weighted by Crippen LogP contribution is -2.05. The molecule has 0 saturated heterocycles. The maximum atomic E-state index is 5.91. The van der Waals surface area contributed by atoms with E-state index in [2.05, 4.69) is 28.5 Å². The summed E-state index contributed by atoms with van der Waals surface area (Å²) in [6, 6.07) is 5.98. The Balaban J connectivity index is 2.02. The maximum Gasteiger partial charge on any atom is 0.161 e. The highest BCUT2D eigenvalue weighted by molar-refractivity contribution is 7.98. The van der Waals surface area contributed by atoms with E-state index in [-0.39, 0.29) is 0 Å². The molecule has 0 spiro atoms. The monoisotopic (exact) mass is 277 g/mol. The Labute approximate surface area is 117 Å². The topological polar surface area (TPSA) is 69.6 Å². The first-order valence-corrected chi connectivity index (χ1v) is 7.44. The van der Waals surface area contributed by atoms with E-state index in [1.54, 1.807) is 11.8 Å². The fourth-order valence-electron chi connectivity index (χ4n) is 1.74. The summed E-state index contributed by atoms with van der Waals surface area (Å²) in [5, 5.41) is 11.9. The Kier molecular flexibility index (Phi) is 4.79. The third-order valence-corrected chi connectivity index (χ3v) is 4.17. The van der Waals surface area contributed by atoms with Crippen LogP contribution in [0.5, 0.6) is 0 Å². The number of unbranched alkanes of at least 4 members (excludes halogenated alkanes) is 1. The molecule has 1 aromatic heterocycles. The van der Waals surface area contributed by atoms with Crippen LogP contribution in [-0.2, 0) is 12.3 Å². The van der Waals surface area contributed by atoms with Crippen LogP contribution in [0.25, 0.3) is 0 Å². The Morgan fingerprint density at radius 1 is 1.37 bits per heavy atom. The van der Waals surface area contributed by atoms with Gasteiger partial charge in [-0.3, -0.25) is 0 Å². The smallest absolute Gasteiger partial charge is 0.161 e. The van der Waals surface area contributed by atoms with Crippen molar-refractivity contribution < 1.29 is 0 Å². The molecule has 5 nitrogen and oxygen atoms in total. The van der Waals surface area contributed by atoms with Crippen LogP contribution in [0.3, 0.4) is 0 Å². The molecule has 0 fully saturated rings. The molecule has 1 heterocycles. The van der Waals surface area contributed by atoms with Gasteiger partial charge in [-0.05, 0) is 41.5 Å². The number of hydrogen-bond donors (Lipinski definition) is 1. The van der Waals surface area contributed by atoms with Crippen molar-refractivity contribution in [2.75, 3.05) is 5.73 Å². The lowest BCUT2D eigenvalue weighted by molar-refractivity contribution is 0.540. The van der Waals surface area contributed by atoms with Crippen molar-refractivity contribution in [3.05, 3.63) is 29.6 Å². The van der Waals surface area contributed by atoms with E-state index in [1.807, 2.05) is 23.7 Å². The Hall–Kier alpha value is -1.56. The molecule has 2 N–H and O–H groups in total. The number of tetrazole rings is 1. The number of rotatable bonds is 6. The van der Waals surface area contributed by atoms with E-state index in [0.717, 1.165) is 42.2 Å². The van der Waals surface area contributed by atoms with Crippen LogP contribution in [0, 0.1) is 6.92 Å². The molecule has 0 saturated carbocycles. The zero-order valence-electron chi connectivity index (χ0n) is 11.3. The lowest BCUT2D eigenvalue weighted by atomic mass is 10.2. The van der Waals surface area contributed by atoms with Gasteiger partial charge < -0.3 is 5.73 Å². The highest BCUT2D eigenvalue weighted by atomic mass is 32.2. The van der Waals surface area contributed by atoms with Gasteiger partial charge in [0.25, 0.3) is 0 Å². The largest absolute Gasteiger partial charge is 0.398 e. The first kappa shape index (κ1) is 13.9. The van der Waals surface area contributed by atoms with Crippen LogP contribution < -0.4 is 5.73 Å². The third kappa shape index (κ3) is 3.47. The van der Waals surface area contributed by atoms with Gasteiger partial charge in [-0.1, -0.05) is 19.4 Å². The minimum Gasteiger partial charge on any atom is -0.398 e. The molecule has 0 aliphatic carbocycles. The van der Waals surface area contributed by atoms with Gasteiger partial charge in [0.15, 0.2) is 5.82 Å². The van der Waals surface area contributed by atoms with Crippen LogP contribution >= 0.6 is 11.8 Å². The number of thioether (sulfide) groups is 1. The molecule has 0 atom stereocenters. The van der Waals surface area contributed by atoms with E-state index in [0.29, 0.717) is 0 Å². The van der Waals surface area contributed by atoms with Crippen molar-refractivity contribution in [2.24, 2.45) is 0 Å². The Morgan fingerprint density at radius 3 is 3.00 bits per heavy atom. The van der Waals surface area contributed by atoms with Crippen LogP contribution in [0.1, 0.15) is 31.2 Å². The van der Waals surface area contributed by atoms with Crippen molar-refractivity contribution >= 4 is 17.4 Å². The molecule has 0 unspecified atom stereocenters. The van der Waals surface area contributed by atoms with Crippen molar-refractivity contribution in [1.82, 2.24) is 20.2 Å². The van der Waals surface area contributed by atoms with E-state index >= 15 is 0 Å². The van der Waals surface area contributed by atoms with E-state index < -0.39 is 0 Å². The second-order valence-corrected chi connectivity index (χ2v) is 5.45. The van der Waals surface area contributed by atoms with Gasteiger partial charge in [0, 0.05) is 17.1 Å². The second kappa shape index (κ2) is 6.56. The fraction of sp³-hybridized carbons (Fsp3) is 0.462. The Bertz CT molecular complexity index is 538. The van der Waals surface area contributed by atoms with E-state index in [9.17, 15) is 0 Å². The number of aryl methyl sites for hydroxylation is 1. The average molecular weight is 277 g/mol. The number of hydrogen-bond acceptors (Lipinski definition) is 5. The second-order valence-electron chi connectivity index (χ2n) is 4.43. The van der Waals surface area contributed by atoms with Crippen molar-refractivity contribution in [1.29, 1.82) is 0 Å². The van der Waals surface area contributed by atoms with Crippen LogP contribution in [-0.4, -0.2) is 20.2 Å². The van der Waals surface area contributed by atoms with Crippen LogP contribution in [0.4, 0.5) is 5.69 Å². The highest BCUT2D eigenvalue weighted by Crippen LogP contribution is 2.28. The molecule has 0 aliphatic rings. The number of nitrogen functional groups attached to an aromatic ring is 1. The molecule has 102 valence electrons. The quantitative estimate of drug-likeness (QED) is 0.649. The zero-order valence-corrected chi connectivity index (χ0v) is 12.2. The molecule has 1 aromatic carbocycles. The van der Waals surface area contributed by atoms with Crippen LogP contribution in [0.15, 0.2) is 23.1 Å². The number of nitrogens with zero attached hydrogens (tertiary/aromatic N) is 4. The fourth-order valence-corrected chi connectivity index (χ4v) is 2.74. The van der Waals surface area contributed by atoms with E-state index in [4.69, 9.17) is 5.73 Å². The maximum absolute atomic E-state index is 5.91. The molecular weight excluding hydrogens is 258 g/mol. The molecule has 0 amide bonds. The molecule has 0 aliphatic heterocycles. The summed E-state index contributed by atoms with van der Waals surface area (Å²) in [6.45, 7) is 5.09. The zero-order chi connectivity index (χ0) is 13.7. The highest BCUT2D eigenvalue weighted by Gasteiger charge is 2.08. The van der Waals surface area contributed by atoms with Crippen LogP contribution in [0.2, 0.25) is 0 Å². The molecule has 2 rings (SSSR count). The van der Waals surface area contributed by atoms with Gasteiger partial charge in [-0.25, -0.2) is 4.68 Å². The number of anilines is 1. The number of benzene rings is 1. The standard InChI is InChI=1S/C13H19N5S/c1-3-4-8-18-13(15-16-17-18)9-19-12-7-5-6-11(14)10(12)2/h5-7H,3-4,8-9,14H2,1-2H3. The molecule has 19 heavy (non-hydrogen) atoms. The normalized spacial score (nSPS) is 10.8. The van der Waals surface area contributed by atoms with Crippen molar-refractivity contribution in [3.63, 3.8) is 0 Å². The molecule has 0 radical (unpaired) electrons. The lowest BCUT2D eigenvalue weighted by Gasteiger charge is -2.08. The predicted octanol–water partition coefficient (Wildman–Crippen LogP) is 2.66. The minimum atomic E-state index is 0.765. The third-order valence-electron chi connectivity index (χ3n) is 3.01. The first-order valence-electron chi connectivity index (χ1n) is 6.45. The molecule has 0 bridgehead atoms. The average Bonchev–Trinajstić information content (AvgIpc) is 2.85. The first-order chi connectivity index (χ1) is 9.22. The number of nitrogens with two attached hydrogens (primary N) is 1. The van der Waals surface area contributed by atoms with Gasteiger partial charge in [0.2, 0.25) is 0 Å². The summed E-state index contributed by atoms with van der Waals surface area (Å²) in [5.74, 6) is 1.68. The van der Waals surface area contributed by atoms with Gasteiger partial charge in [0.1, 0.15) is 0 Å². The summed E-state index contributed by atoms with van der Waals surface area (Å²) in [6.07, 6.45) is 2.24. The summed E-state index contributed by atoms with van der Waals surface area (Å²) in [5.41, 5.74) is 7.86. The summed E-state index contributed by atoms with van der Waals surface area (Å²) < 4.78 is 1.89. The van der Waals surface area contributed by atoms with Gasteiger partial charge in [-0.2, -0.15) is 0 Å². The van der Waals surface area contributed by atoms with Gasteiger partial charge >= 0.3 is 0 Å². The predicted molar refractivity (Wildman–Crippen MR) is 77.9 cm³/mol. The summed E-state index contributed by atoms with van der Waals surface area (Å²) in [7, 11) is 0. The van der Waals surface area contributed by atoms with Gasteiger partial charge in [-0.15, -0.1) is 16.9 Å². The van der Waals surface area contributed by atoms with Crippen molar-refractivity contribution in [3.8, 4) is 0 Å². The SMILES string of the molecule is CCCCn1nnnc1CSc1cccc(N)c1C. The minimum absolute atomic E-state index is 0.765. The summed E-state index contributed by atoms with van der Waals surface area (Å²) in [4.78, 5) is 1.19. The Morgan fingerprint density at radius 2 is 2.21 bits per heavy atom. The molecular formula is C13H19N5S. The van der Waals surface area contributed by atoms with Crippen molar-refractivity contribution in [2.45, 2.75) is 43.9 Å². The van der Waals surface area contributed by atoms with E-state index in [1.165, 1.54) is 4.90 Å². The molecule has 6 heteroatoms. The molecule has 2 aromatic rings. The van der Waals surface area contributed by atoms with Gasteiger partial charge in [0.05, 0.1) is 5.75 Å².